The molecule has 1 fully saturated rings. The first-order chi connectivity index (χ1) is 7.20. The summed E-state index contributed by atoms with van der Waals surface area (Å²) >= 11 is 2.19. The van der Waals surface area contributed by atoms with E-state index in [1.807, 2.05) is 13.1 Å². The number of rotatable bonds is 2. The maximum atomic E-state index is 12.9. The molecular weight excluding hydrogens is 306 g/mol. The van der Waals surface area contributed by atoms with Crippen molar-refractivity contribution in [3.8, 4) is 0 Å². The average Bonchev–Trinajstić information content (AvgIpc) is 2.66. The molecule has 1 aromatic rings. The lowest BCUT2D eigenvalue weighted by atomic mass is 10.3. The molecule has 1 saturated heterocycles. The molecule has 0 aliphatic carbocycles. The topological polar surface area (TPSA) is 15.3 Å². The Kier molecular flexibility index (Phi) is 3.45. The standard InChI is InChI=1S/C11H14FIN2/c1-14-9-4-5-15(7-9)11-3-2-8(12)6-10(11)13/h2-3,6,9,14H,4-5,7H2,1H3. The first-order valence-corrected chi connectivity index (χ1v) is 6.16. The van der Waals surface area contributed by atoms with Crippen LogP contribution in [-0.4, -0.2) is 26.2 Å². The van der Waals surface area contributed by atoms with Crippen molar-refractivity contribution >= 4 is 28.3 Å². The van der Waals surface area contributed by atoms with Gasteiger partial charge in [0.2, 0.25) is 0 Å². The van der Waals surface area contributed by atoms with Crippen LogP contribution in [0.25, 0.3) is 0 Å². The van der Waals surface area contributed by atoms with Gasteiger partial charge in [-0.15, -0.1) is 0 Å². The summed E-state index contributed by atoms with van der Waals surface area (Å²) in [4.78, 5) is 2.31. The smallest absolute Gasteiger partial charge is 0.124 e. The number of benzene rings is 1. The Hall–Kier alpha value is -0.360. The van der Waals surface area contributed by atoms with Crippen LogP contribution in [-0.2, 0) is 0 Å². The second-order valence-corrected chi connectivity index (χ2v) is 4.98. The van der Waals surface area contributed by atoms with Gasteiger partial charge < -0.3 is 10.2 Å². The summed E-state index contributed by atoms with van der Waals surface area (Å²) in [7, 11) is 1.99. The molecule has 2 rings (SSSR count). The molecule has 1 unspecified atom stereocenters. The number of nitrogens with one attached hydrogen (secondary N) is 1. The van der Waals surface area contributed by atoms with Crippen LogP contribution in [0.2, 0.25) is 0 Å². The van der Waals surface area contributed by atoms with Crippen molar-refractivity contribution in [1.29, 1.82) is 0 Å². The van der Waals surface area contributed by atoms with E-state index >= 15 is 0 Å². The number of halogens is 2. The van der Waals surface area contributed by atoms with Crippen LogP contribution in [0.4, 0.5) is 10.1 Å². The highest BCUT2D eigenvalue weighted by Crippen LogP contribution is 2.26. The Labute approximate surface area is 103 Å². The molecule has 1 aliphatic heterocycles. The number of hydrogen-bond acceptors (Lipinski definition) is 2. The third kappa shape index (κ3) is 2.42. The molecule has 0 spiro atoms. The maximum Gasteiger partial charge on any atom is 0.124 e. The largest absolute Gasteiger partial charge is 0.369 e. The average molecular weight is 320 g/mol. The van der Waals surface area contributed by atoms with Crippen molar-refractivity contribution in [2.45, 2.75) is 12.5 Å². The van der Waals surface area contributed by atoms with Crippen LogP contribution in [0.15, 0.2) is 18.2 Å². The number of anilines is 1. The molecule has 1 N–H and O–H groups in total. The molecule has 15 heavy (non-hydrogen) atoms. The van der Waals surface area contributed by atoms with Gasteiger partial charge >= 0.3 is 0 Å². The minimum absolute atomic E-state index is 0.160. The Morgan fingerprint density at radius 1 is 1.53 bits per heavy atom. The monoisotopic (exact) mass is 320 g/mol. The normalized spacial score (nSPS) is 21.0. The molecule has 0 amide bonds. The molecule has 1 aliphatic rings. The van der Waals surface area contributed by atoms with Gasteiger partial charge in [-0.1, -0.05) is 0 Å². The zero-order chi connectivity index (χ0) is 10.8. The third-order valence-corrected chi connectivity index (χ3v) is 3.71. The fraction of sp³-hybridized carbons (Fsp3) is 0.455. The molecule has 1 heterocycles. The molecule has 2 nitrogen and oxygen atoms in total. The van der Waals surface area contributed by atoms with Gasteiger partial charge in [0.15, 0.2) is 0 Å². The fourth-order valence-electron chi connectivity index (χ4n) is 1.95. The third-order valence-electron chi connectivity index (χ3n) is 2.85. The van der Waals surface area contributed by atoms with Gasteiger partial charge in [0.25, 0.3) is 0 Å². The maximum absolute atomic E-state index is 12.9. The van der Waals surface area contributed by atoms with Gasteiger partial charge in [-0.3, -0.25) is 0 Å². The molecule has 0 bridgehead atoms. The Morgan fingerprint density at radius 3 is 2.93 bits per heavy atom. The van der Waals surface area contributed by atoms with E-state index in [1.165, 1.54) is 6.07 Å². The van der Waals surface area contributed by atoms with Crippen molar-refractivity contribution in [3.05, 3.63) is 27.6 Å². The number of hydrogen-bond donors (Lipinski definition) is 1. The quantitative estimate of drug-likeness (QED) is 0.841. The number of nitrogens with zero attached hydrogens (tertiary/aromatic N) is 1. The van der Waals surface area contributed by atoms with E-state index in [-0.39, 0.29) is 5.82 Å². The molecule has 1 atom stereocenters. The van der Waals surface area contributed by atoms with Crippen molar-refractivity contribution in [1.82, 2.24) is 5.32 Å². The van der Waals surface area contributed by atoms with Crippen molar-refractivity contribution < 1.29 is 4.39 Å². The van der Waals surface area contributed by atoms with E-state index in [9.17, 15) is 4.39 Å². The summed E-state index contributed by atoms with van der Waals surface area (Å²) in [6.07, 6.45) is 1.16. The lowest BCUT2D eigenvalue weighted by Gasteiger charge is -2.20. The van der Waals surface area contributed by atoms with E-state index in [1.54, 1.807) is 6.07 Å². The molecule has 0 radical (unpaired) electrons. The summed E-state index contributed by atoms with van der Waals surface area (Å²) < 4.78 is 13.9. The zero-order valence-corrected chi connectivity index (χ0v) is 10.8. The minimum Gasteiger partial charge on any atom is -0.369 e. The lowest BCUT2D eigenvalue weighted by molar-refractivity contribution is 0.616. The predicted molar refractivity (Wildman–Crippen MR) is 68.8 cm³/mol. The van der Waals surface area contributed by atoms with Crippen LogP contribution in [0.3, 0.4) is 0 Å². The molecule has 0 aromatic heterocycles. The zero-order valence-electron chi connectivity index (χ0n) is 8.63. The molecule has 0 saturated carbocycles. The SMILES string of the molecule is CNC1CCN(c2ccc(F)cc2I)C1. The van der Waals surface area contributed by atoms with Crippen LogP contribution in [0.1, 0.15) is 6.42 Å². The van der Waals surface area contributed by atoms with Crippen molar-refractivity contribution in [3.63, 3.8) is 0 Å². The lowest BCUT2D eigenvalue weighted by Crippen LogP contribution is -2.29. The van der Waals surface area contributed by atoms with Crippen molar-refractivity contribution in [2.24, 2.45) is 0 Å². The van der Waals surface area contributed by atoms with Gasteiger partial charge in [-0.2, -0.15) is 0 Å². The summed E-state index contributed by atoms with van der Waals surface area (Å²) in [5, 5.41) is 3.28. The van der Waals surface area contributed by atoms with E-state index in [0.717, 1.165) is 28.8 Å². The van der Waals surface area contributed by atoms with Crippen LogP contribution in [0, 0.1) is 9.39 Å². The van der Waals surface area contributed by atoms with Gasteiger partial charge in [0.05, 0.1) is 5.69 Å². The van der Waals surface area contributed by atoms with Gasteiger partial charge in [0, 0.05) is 22.7 Å². The summed E-state index contributed by atoms with van der Waals surface area (Å²) in [6.45, 7) is 2.06. The van der Waals surface area contributed by atoms with Gasteiger partial charge in [-0.05, 0) is 54.3 Å². The highest BCUT2D eigenvalue weighted by Gasteiger charge is 2.22. The summed E-state index contributed by atoms with van der Waals surface area (Å²) in [5.74, 6) is -0.160. The van der Waals surface area contributed by atoms with E-state index < -0.39 is 0 Å². The van der Waals surface area contributed by atoms with Crippen LogP contribution in [0.5, 0.6) is 0 Å². The van der Waals surface area contributed by atoms with Crippen molar-refractivity contribution in [2.75, 3.05) is 25.0 Å². The molecule has 4 heteroatoms. The second-order valence-electron chi connectivity index (χ2n) is 3.82. The summed E-state index contributed by atoms with van der Waals surface area (Å²) in [5.41, 5.74) is 1.15. The highest BCUT2D eigenvalue weighted by molar-refractivity contribution is 14.1. The summed E-state index contributed by atoms with van der Waals surface area (Å²) in [6, 6.07) is 5.55. The van der Waals surface area contributed by atoms with E-state index in [2.05, 4.69) is 32.8 Å². The molecular formula is C11H14FIN2. The minimum atomic E-state index is -0.160. The fourth-order valence-corrected chi connectivity index (χ4v) is 2.77. The van der Waals surface area contributed by atoms with Crippen LogP contribution >= 0.6 is 22.6 Å². The number of likely N-dealkylation sites (N-methyl/N-ethyl adjacent to an activating group) is 1. The Morgan fingerprint density at radius 2 is 2.33 bits per heavy atom. The Balaban J connectivity index is 2.17. The highest BCUT2D eigenvalue weighted by atomic mass is 127. The second kappa shape index (κ2) is 4.65. The molecule has 1 aromatic carbocycles. The van der Waals surface area contributed by atoms with Crippen LogP contribution < -0.4 is 10.2 Å². The Bertz CT molecular complexity index is 356. The van der Waals surface area contributed by atoms with Gasteiger partial charge in [-0.25, -0.2) is 4.39 Å². The van der Waals surface area contributed by atoms with E-state index in [0.29, 0.717) is 6.04 Å². The first-order valence-electron chi connectivity index (χ1n) is 5.08. The van der Waals surface area contributed by atoms with E-state index in [4.69, 9.17) is 0 Å². The first kappa shape index (κ1) is 11.1. The van der Waals surface area contributed by atoms with Gasteiger partial charge in [0.1, 0.15) is 5.82 Å². The predicted octanol–water partition coefficient (Wildman–Crippen LogP) is 2.23. The molecule has 82 valence electrons.